The van der Waals surface area contributed by atoms with Crippen molar-refractivity contribution in [3.05, 3.63) is 54.6 Å². The van der Waals surface area contributed by atoms with Gasteiger partial charge in [0.2, 0.25) is 11.8 Å². The number of aliphatic hydroxyl groups is 1. The number of hydrogen-bond donors (Lipinski definition) is 1. The maximum Gasteiger partial charge on any atom is 0.253 e. The fourth-order valence-electron chi connectivity index (χ4n) is 6.78. The van der Waals surface area contributed by atoms with Crippen molar-refractivity contribution in [3.8, 4) is 0 Å². The van der Waals surface area contributed by atoms with Crippen molar-refractivity contribution in [2.45, 2.75) is 63.8 Å². The van der Waals surface area contributed by atoms with Crippen molar-refractivity contribution >= 4 is 35.0 Å². The Balaban J connectivity index is 1.82. The van der Waals surface area contributed by atoms with Crippen LogP contribution in [0.25, 0.3) is 0 Å². The molecule has 3 heterocycles. The van der Waals surface area contributed by atoms with Crippen molar-refractivity contribution in [3.63, 3.8) is 0 Å². The number of likely N-dealkylation sites (tertiary alicyclic amines) is 1. The number of hydrogen-bond acceptors (Lipinski definition) is 5. The van der Waals surface area contributed by atoms with E-state index in [-0.39, 0.29) is 36.8 Å². The molecule has 1 aromatic carbocycles. The number of carbonyl (C=O) groups excluding carboxylic acids is 3. The van der Waals surface area contributed by atoms with Crippen molar-refractivity contribution in [1.29, 1.82) is 0 Å². The van der Waals surface area contributed by atoms with Crippen LogP contribution in [0.15, 0.2) is 49.6 Å². The predicted octanol–water partition coefficient (Wildman–Crippen LogP) is 3.68. The molecule has 1 aromatic rings. The van der Waals surface area contributed by atoms with Gasteiger partial charge in [0.05, 0.1) is 30.6 Å². The lowest BCUT2D eigenvalue weighted by molar-refractivity contribution is -0.148. The number of carbonyl (C=O) groups is 3. The summed E-state index contributed by atoms with van der Waals surface area (Å²) in [6, 6.07) is 5.31. The highest BCUT2D eigenvalue weighted by molar-refractivity contribution is 6.30. The highest BCUT2D eigenvalue weighted by Crippen LogP contribution is 2.59. The fourth-order valence-corrected chi connectivity index (χ4v) is 6.90. The van der Waals surface area contributed by atoms with Crippen LogP contribution in [0.4, 0.5) is 5.69 Å². The molecule has 3 aliphatic rings. The van der Waals surface area contributed by atoms with Crippen LogP contribution in [0.1, 0.15) is 40.0 Å². The lowest BCUT2D eigenvalue weighted by atomic mass is 9.70. The third kappa shape index (κ3) is 4.92. The van der Waals surface area contributed by atoms with Crippen LogP contribution in [-0.2, 0) is 19.1 Å². The van der Waals surface area contributed by atoms with E-state index in [9.17, 15) is 19.5 Å². The summed E-state index contributed by atoms with van der Waals surface area (Å²) in [5, 5.41) is 11.0. The molecule has 3 aliphatic heterocycles. The van der Waals surface area contributed by atoms with Gasteiger partial charge >= 0.3 is 0 Å². The van der Waals surface area contributed by atoms with E-state index in [4.69, 9.17) is 16.3 Å². The van der Waals surface area contributed by atoms with E-state index in [1.807, 2.05) is 20.8 Å². The first-order chi connectivity index (χ1) is 18.7. The van der Waals surface area contributed by atoms with Gasteiger partial charge in [0, 0.05) is 30.3 Å². The zero-order valence-corrected chi connectivity index (χ0v) is 23.8. The summed E-state index contributed by atoms with van der Waals surface area (Å²) in [5.41, 5.74) is -0.541. The number of ether oxygens (including phenoxy) is 1. The molecule has 0 aliphatic carbocycles. The van der Waals surface area contributed by atoms with Crippen LogP contribution < -0.4 is 4.90 Å². The average Bonchev–Trinajstić information content (AvgIpc) is 3.55. The molecule has 8 nitrogen and oxygen atoms in total. The van der Waals surface area contributed by atoms with Gasteiger partial charge in [-0.2, -0.15) is 0 Å². The second-order valence-corrected chi connectivity index (χ2v) is 11.5. The van der Waals surface area contributed by atoms with Crippen LogP contribution in [0, 0.1) is 17.8 Å². The van der Waals surface area contributed by atoms with Crippen LogP contribution >= 0.6 is 11.6 Å². The molecule has 4 rings (SSSR count). The first-order valence-electron chi connectivity index (χ1n) is 13.8. The highest BCUT2D eigenvalue weighted by atomic mass is 35.5. The number of amides is 3. The molecule has 0 saturated carbocycles. The first-order valence-corrected chi connectivity index (χ1v) is 14.2. The van der Waals surface area contributed by atoms with E-state index in [1.165, 1.54) is 4.90 Å². The monoisotopic (exact) mass is 557 g/mol. The minimum absolute atomic E-state index is 0.128. The Kier molecular flexibility index (Phi) is 8.88. The van der Waals surface area contributed by atoms with Gasteiger partial charge in [0.1, 0.15) is 11.6 Å². The van der Waals surface area contributed by atoms with Gasteiger partial charge in [-0.25, -0.2) is 0 Å². The maximum absolute atomic E-state index is 14.5. The summed E-state index contributed by atoms with van der Waals surface area (Å²) >= 11 is 6.11. The molecule has 9 heteroatoms. The predicted molar refractivity (Wildman–Crippen MR) is 151 cm³/mol. The number of fused-ring (bicyclic) bond motifs is 1. The van der Waals surface area contributed by atoms with Crippen molar-refractivity contribution in [1.82, 2.24) is 9.80 Å². The lowest BCUT2D eigenvalue weighted by Crippen LogP contribution is -2.59. The van der Waals surface area contributed by atoms with Crippen molar-refractivity contribution < 1.29 is 24.2 Å². The molecule has 1 N–H and O–H groups in total. The van der Waals surface area contributed by atoms with Crippen LogP contribution in [-0.4, -0.2) is 82.7 Å². The zero-order valence-electron chi connectivity index (χ0n) is 23.1. The molecular formula is C30H40ClN3O5. The summed E-state index contributed by atoms with van der Waals surface area (Å²) < 4.78 is 6.60. The smallest absolute Gasteiger partial charge is 0.253 e. The number of aliphatic hydroxyl groups excluding tert-OH is 1. The van der Waals surface area contributed by atoms with Crippen LogP contribution in [0.5, 0.6) is 0 Å². The zero-order chi connectivity index (χ0) is 28.5. The second kappa shape index (κ2) is 11.8. The van der Waals surface area contributed by atoms with E-state index in [2.05, 4.69) is 13.2 Å². The SMILES string of the molecule is C=CCN(CCC)C(=O)[C@@H]1[C@H]2C(=O)N([C@@H](CO)C(C)C)C(C(=O)N(CC=C)c3ccc(Cl)cc3)C23CC[C@H]1O3. The van der Waals surface area contributed by atoms with Gasteiger partial charge in [-0.15, -0.1) is 13.2 Å². The number of rotatable bonds is 12. The Labute approximate surface area is 236 Å². The molecule has 3 fully saturated rings. The normalized spacial score (nSPS) is 27.9. The summed E-state index contributed by atoms with van der Waals surface area (Å²) in [7, 11) is 0. The Morgan fingerprint density at radius 2 is 1.87 bits per heavy atom. The molecule has 1 spiro atoms. The third-order valence-electron chi connectivity index (χ3n) is 8.44. The van der Waals surface area contributed by atoms with Gasteiger partial charge in [-0.1, -0.05) is 44.5 Å². The summed E-state index contributed by atoms with van der Waals surface area (Å²) in [6.45, 7) is 14.3. The minimum Gasteiger partial charge on any atom is -0.394 e. The number of anilines is 1. The molecule has 39 heavy (non-hydrogen) atoms. The first kappa shape index (κ1) is 29.3. The standard InChI is InChI=1S/C30H40ClN3O5/c1-6-15-32(16-7-2)27(36)24-23-13-14-30(39-23)25(24)28(37)34(22(18-35)19(4)5)26(30)29(38)33(17-8-3)21-11-9-20(31)10-12-21/h6,8-12,19,22-26,35H,1,3,7,13-18H2,2,4-5H3/t22-,23+,24-,25-,26?,30?/m0/s1. The van der Waals surface area contributed by atoms with E-state index in [0.29, 0.717) is 36.6 Å². The number of halogens is 1. The molecule has 212 valence electrons. The third-order valence-corrected chi connectivity index (χ3v) is 8.69. The van der Waals surface area contributed by atoms with Gasteiger partial charge in [0.15, 0.2) is 0 Å². The Bertz CT molecular complexity index is 1110. The van der Waals surface area contributed by atoms with Crippen LogP contribution in [0.2, 0.25) is 5.02 Å². The topological polar surface area (TPSA) is 90.4 Å². The number of nitrogens with zero attached hydrogens (tertiary/aromatic N) is 3. The van der Waals surface area contributed by atoms with Gasteiger partial charge < -0.3 is 24.5 Å². The van der Waals surface area contributed by atoms with Crippen molar-refractivity contribution in [2.24, 2.45) is 17.8 Å². The molecule has 2 bridgehead atoms. The Morgan fingerprint density at radius 3 is 2.44 bits per heavy atom. The quantitative estimate of drug-likeness (QED) is 0.396. The number of benzene rings is 1. The molecule has 0 aromatic heterocycles. The van der Waals surface area contributed by atoms with E-state index >= 15 is 0 Å². The molecular weight excluding hydrogens is 518 g/mol. The summed E-state index contributed by atoms with van der Waals surface area (Å²) in [6.07, 6.45) is 4.71. The van der Waals surface area contributed by atoms with Gasteiger partial charge in [-0.3, -0.25) is 14.4 Å². The molecule has 3 saturated heterocycles. The lowest BCUT2D eigenvalue weighted by Gasteiger charge is -2.40. The highest BCUT2D eigenvalue weighted by Gasteiger charge is 2.75. The largest absolute Gasteiger partial charge is 0.394 e. The fraction of sp³-hybridized carbons (Fsp3) is 0.567. The Hall–Kier alpha value is -2.68. The van der Waals surface area contributed by atoms with E-state index in [1.54, 1.807) is 46.2 Å². The minimum atomic E-state index is -1.15. The Morgan fingerprint density at radius 1 is 1.21 bits per heavy atom. The molecule has 2 unspecified atom stereocenters. The van der Waals surface area contributed by atoms with Gasteiger partial charge in [0.25, 0.3) is 5.91 Å². The summed E-state index contributed by atoms with van der Waals surface area (Å²) in [5.74, 6) is -2.38. The van der Waals surface area contributed by atoms with Gasteiger partial charge in [-0.05, 0) is 49.4 Å². The van der Waals surface area contributed by atoms with Crippen LogP contribution in [0.3, 0.4) is 0 Å². The summed E-state index contributed by atoms with van der Waals surface area (Å²) in [4.78, 5) is 47.6. The van der Waals surface area contributed by atoms with E-state index in [0.717, 1.165) is 6.42 Å². The maximum atomic E-state index is 14.5. The second-order valence-electron chi connectivity index (χ2n) is 11.1. The molecule has 6 atom stereocenters. The average molecular weight is 558 g/mol. The molecule has 0 radical (unpaired) electrons. The molecule has 3 amide bonds. The van der Waals surface area contributed by atoms with E-state index < -0.39 is 35.6 Å². The van der Waals surface area contributed by atoms with Crippen molar-refractivity contribution in [2.75, 3.05) is 31.1 Å².